The highest BCUT2D eigenvalue weighted by atomic mass is 127. The van der Waals surface area contributed by atoms with Gasteiger partial charge in [0.05, 0.1) is 7.11 Å². The highest BCUT2D eigenvalue weighted by Crippen LogP contribution is 2.25. The standard InChI is InChI=1S/C14H19N3O.HI/c1-16-14(15)17-8-6-11(7-9-17)12-4-3-5-13(10-12)18-2;/h3-6,10H,7-9H2,1-2H3,(H2,15,16);1H. The van der Waals surface area contributed by atoms with E-state index >= 15 is 0 Å². The van der Waals surface area contributed by atoms with Crippen LogP contribution in [0.2, 0.25) is 0 Å². The summed E-state index contributed by atoms with van der Waals surface area (Å²) in [6, 6.07) is 8.16. The molecule has 0 aromatic heterocycles. The zero-order valence-corrected chi connectivity index (χ0v) is 13.6. The molecule has 19 heavy (non-hydrogen) atoms. The van der Waals surface area contributed by atoms with Gasteiger partial charge in [-0.25, -0.2) is 0 Å². The Morgan fingerprint density at radius 1 is 1.42 bits per heavy atom. The largest absolute Gasteiger partial charge is 0.497 e. The third kappa shape index (κ3) is 3.86. The molecule has 1 aromatic rings. The summed E-state index contributed by atoms with van der Waals surface area (Å²) in [4.78, 5) is 6.08. The van der Waals surface area contributed by atoms with Crippen LogP contribution >= 0.6 is 24.0 Å². The van der Waals surface area contributed by atoms with Gasteiger partial charge in [-0.1, -0.05) is 18.2 Å². The molecule has 1 aromatic carbocycles. The van der Waals surface area contributed by atoms with Gasteiger partial charge in [0.2, 0.25) is 0 Å². The van der Waals surface area contributed by atoms with Crippen molar-refractivity contribution < 1.29 is 4.74 Å². The minimum atomic E-state index is 0. The van der Waals surface area contributed by atoms with Crippen molar-refractivity contribution in [3.63, 3.8) is 0 Å². The summed E-state index contributed by atoms with van der Waals surface area (Å²) < 4.78 is 5.25. The first-order valence-corrected chi connectivity index (χ1v) is 6.05. The summed E-state index contributed by atoms with van der Waals surface area (Å²) in [5, 5.41) is 0. The minimum absolute atomic E-state index is 0. The molecule has 0 spiro atoms. The van der Waals surface area contributed by atoms with E-state index in [1.807, 2.05) is 12.1 Å². The topological polar surface area (TPSA) is 50.8 Å². The number of aliphatic imine (C=N–C) groups is 1. The quantitative estimate of drug-likeness (QED) is 0.492. The molecular weight excluding hydrogens is 353 g/mol. The second kappa shape index (κ2) is 7.37. The first-order chi connectivity index (χ1) is 8.74. The fraction of sp³-hybridized carbons (Fsp3) is 0.357. The van der Waals surface area contributed by atoms with Crippen LogP contribution in [0.15, 0.2) is 35.3 Å². The lowest BCUT2D eigenvalue weighted by atomic mass is 9.99. The lowest BCUT2D eigenvalue weighted by molar-refractivity contribution is 0.414. The molecule has 0 atom stereocenters. The van der Waals surface area contributed by atoms with E-state index in [1.54, 1.807) is 14.2 Å². The van der Waals surface area contributed by atoms with E-state index < -0.39 is 0 Å². The molecule has 0 amide bonds. The number of ether oxygens (including phenoxy) is 1. The third-order valence-corrected chi connectivity index (χ3v) is 3.20. The van der Waals surface area contributed by atoms with E-state index in [-0.39, 0.29) is 24.0 Å². The van der Waals surface area contributed by atoms with Gasteiger partial charge in [-0.2, -0.15) is 0 Å². The number of hydrogen-bond donors (Lipinski definition) is 1. The molecule has 4 nitrogen and oxygen atoms in total. The summed E-state index contributed by atoms with van der Waals surface area (Å²) in [6.45, 7) is 1.72. The summed E-state index contributed by atoms with van der Waals surface area (Å²) in [6.07, 6.45) is 3.18. The number of nitrogens with zero attached hydrogens (tertiary/aromatic N) is 2. The summed E-state index contributed by atoms with van der Waals surface area (Å²) >= 11 is 0. The number of hydrogen-bond acceptors (Lipinski definition) is 2. The maximum Gasteiger partial charge on any atom is 0.191 e. The molecule has 1 aliphatic rings. The molecule has 0 bridgehead atoms. The Labute approximate surface area is 131 Å². The second-order valence-corrected chi connectivity index (χ2v) is 4.24. The van der Waals surface area contributed by atoms with Crippen LogP contribution in [-0.2, 0) is 0 Å². The first kappa shape index (κ1) is 15.8. The molecule has 0 saturated carbocycles. The zero-order valence-electron chi connectivity index (χ0n) is 11.3. The summed E-state index contributed by atoms with van der Waals surface area (Å²) in [7, 11) is 3.41. The maximum absolute atomic E-state index is 5.80. The summed E-state index contributed by atoms with van der Waals surface area (Å²) in [5.74, 6) is 1.50. The number of benzene rings is 1. The SMILES string of the molecule is CN=C(N)N1CC=C(c2cccc(OC)c2)CC1.I. The molecule has 2 rings (SSSR count). The molecule has 1 heterocycles. The van der Waals surface area contributed by atoms with Crippen molar-refractivity contribution in [3.8, 4) is 5.75 Å². The van der Waals surface area contributed by atoms with Gasteiger partial charge in [-0.05, 0) is 29.7 Å². The molecule has 1 aliphatic heterocycles. The zero-order chi connectivity index (χ0) is 13.0. The van der Waals surface area contributed by atoms with Gasteiger partial charge in [-0.3, -0.25) is 4.99 Å². The molecular formula is C14H20IN3O. The second-order valence-electron chi connectivity index (χ2n) is 4.24. The van der Waals surface area contributed by atoms with Crippen molar-refractivity contribution in [3.05, 3.63) is 35.9 Å². The van der Waals surface area contributed by atoms with Crippen molar-refractivity contribution in [1.82, 2.24) is 4.90 Å². The number of guanidine groups is 1. The normalized spacial score (nSPS) is 15.6. The van der Waals surface area contributed by atoms with Crippen molar-refractivity contribution in [2.75, 3.05) is 27.2 Å². The monoisotopic (exact) mass is 373 g/mol. The van der Waals surface area contributed by atoms with Gasteiger partial charge in [0.1, 0.15) is 5.75 Å². The Bertz CT molecular complexity index is 485. The van der Waals surface area contributed by atoms with E-state index in [4.69, 9.17) is 10.5 Å². The fourth-order valence-electron chi connectivity index (χ4n) is 2.10. The Morgan fingerprint density at radius 2 is 2.21 bits per heavy atom. The Morgan fingerprint density at radius 3 is 2.79 bits per heavy atom. The van der Waals surface area contributed by atoms with Crippen LogP contribution in [0.1, 0.15) is 12.0 Å². The molecule has 0 aliphatic carbocycles. The van der Waals surface area contributed by atoms with Crippen LogP contribution in [0.4, 0.5) is 0 Å². The van der Waals surface area contributed by atoms with Crippen LogP contribution in [-0.4, -0.2) is 38.1 Å². The number of halogens is 1. The van der Waals surface area contributed by atoms with Gasteiger partial charge in [0.25, 0.3) is 0 Å². The first-order valence-electron chi connectivity index (χ1n) is 6.05. The predicted octanol–water partition coefficient (Wildman–Crippen LogP) is 2.35. The predicted molar refractivity (Wildman–Crippen MR) is 90.1 cm³/mol. The van der Waals surface area contributed by atoms with Gasteiger partial charge in [-0.15, -0.1) is 24.0 Å². The van der Waals surface area contributed by atoms with Crippen LogP contribution in [0.25, 0.3) is 5.57 Å². The minimum Gasteiger partial charge on any atom is -0.497 e. The molecule has 0 fully saturated rings. The van der Waals surface area contributed by atoms with Crippen molar-refractivity contribution in [2.45, 2.75) is 6.42 Å². The lowest BCUT2D eigenvalue weighted by Crippen LogP contribution is -2.39. The van der Waals surface area contributed by atoms with Gasteiger partial charge < -0.3 is 15.4 Å². The van der Waals surface area contributed by atoms with Crippen LogP contribution in [0.5, 0.6) is 5.75 Å². The van der Waals surface area contributed by atoms with E-state index in [1.165, 1.54) is 11.1 Å². The Hall–Kier alpha value is -1.24. The molecule has 0 saturated heterocycles. The third-order valence-electron chi connectivity index (χ3n) is 3.20. The molecule has 5 heteroatoms. The lowest BCUT2D eigenvalue weighted by Gasteiger charge is -2.27. The molecule has 104 valence electrons. The highest BCUT2D eigenvalue weighted by molar-refractivity contribution is 14.0. The van der Waals surface area contributed by atoms with Crippen molar-refractivity contribution >= 4 is 35.5 Å². The smallest absolute Gasteiger partial charge is 0.191 e. The Balaban J connectivity index is 0.00000180. The number of methoxy groups -OCH3 is 1. The number of rotatable bonds is 2. The molecule has 2 N–H and O–H groups in total. The average Bonchev–Trinajstić information content (AvgIpc) is 2.46. The van der Waals surface area contributed by atoms with Crippen LogP contribution in [0.3, 0.4) is 0 Å². The number of nitrogens with two attached hydrogens (primary N) is 1. The van der Waals surface area contributed by atoms with E-state index in [2.05, 4.69) is 28.1 Å². The van der Waals surface area contributed by atoms with Crippen LogP contribution < -0.4 is 10.5 Å². The van der Waals surface area contributed by atoms with Gasteiger partial charge >= 0.3 is 0 Å². The Kier molecular flexibility index (Phi) is 6.14. The van der Waals surface area contributed by atoms with Gasteiger partial charge in [0.15, 0.2) is 5.96 Å². The van der Waals surface area contributed by atoms with Crippen molar-refractivity contribution in [2.24, 2.45) is 10.7 Å². The van der Waals surface area contributed by atoms with Crippen LogP contribution in [0, 0.1) is 0 Å². The van der Waals surface area contributed by atoms with Crippen molar-refractivity contribution in [1.29, 1.82) is 0 Å². The van der Waals surface area contributed by atoms with E-state index in [9.17, 15) is 0 Å². The average molecular weight is 373 g/mol. The van der Waals surface area contributed by atoms with Gasteiger partial charge in [0, 0.05) is 20.1 Å². The summed E-state index contributed by atoms with van der Waals surface area (Å²) in [5.41, 5.74) is 8.37. The highest BCUT2D eigenvalue weighted by Gasteiger charge is 2.14. The molecule has 0 unspecified atom stereocenters. The maximum atomic E-state index is 5.80. The van der Waals surface area contributed by atoms with E-state index in [0.29, 0.717) is 5.96 Å². The fourth-order valence-corrected chi connectivity index (χ4v) is 2.10. The van der Waals surface area contributed by atoms with E-state index in [0.717, 1.165) is 25.3 Å². The molecule has 0 radical (unpaired) electrons.